The fraction of sp³-hybridized carbons (Fsp3) is 0.200. The van der Waals surface area contributed by atoms with Crippen LogP contribution in [-0.2, 0) is 20.5 Å². The van der Waals surface area contributed by atoms with Crippen molar-refractivity contribution in [1.29, 1.82) is 0 Å². The Morgan fingerprint density at radius 3 is 2.59 bits per heavy atom. The SMILES string of the molecule is Cn1c(=O)c2[nH]c(CC(=O)c3ccccc3)nc2n(C)c1=S. The van der Waals surface area contributed by atoms with Gasteiger partial charge in [0.2, 0.25) is 0 Å². The molecule has 0 fully saturated rings. The van der Waals surface area contributed by atoms with E-state index in [1.165, 1.54) is 4.57 Å². The highest BCUT2D eigenvalue weighted by Crippen LogP contribution is 2.10. The largest absolute Gasteiger partial charge is 0.336 e. The highest BCUT2D eigenvalue weighted by atomic mass is 32.1. The zero-order valence-electron chi connectivity index (χ0n) is 12.2. The molecular formula is C15H14N4O2S. The van der Waals surface area contributed by atoms with E-state index in [0.717, 1.165) is 0 Å². The van der Waals surface area contributed by atoms with Crippen LogP contribution in [0.1, 0.15) is 16.2 Å². The molecule has 0 aliphatic carbocycles. The number of fused-ring (bicyclic) bond motifs is 1. The number of nitrogens with zero attached hydrogens (tertiary/aromatic N) is 3. The Kier molecular flexibility index (Phi) is 3.50. The average Bonchev–Trinajstić information content (AvgIpc) is 2.95. The number of nitrogens with one attached hydrogen (secondary N) is 1. The zero-order chi connectivity index (χ0) is 15.9. The lowest BCUT2D eigenvalue weighted by Gasteiger charge is -2.03. The summed E-state index contributed by atoms with van der Waals surface area (Å²) in [6.07, 6.45) is 0.106. The Bertz CT molecular complexity index is 982. The quantitative estimate of drug-likeness (QED) is 0.590. The van der Waals surface area contributed by atoms with Crippen LogP contribution in [-0.4, -0.2) is 24.9 Å². The van der Waals surface area contributed by atoms with Crippen molar-refractivity contribution in [3.63, 3.8) is 0 Å². The molecule has 0 atom stereocenters. The standard InChI is InChI=1S/C15H14N4O2S/c1-18-13-12(14(21)19(2)15(18)22)16-11(17-13)8-10(20)9-6-4-3-5-7-9/h3-7H,8H2,1-2H3,(H,16,17). The third-order valence-corrected chi connectivity index (χ3v) is 4.12. The van der Waals surface area contributed by atoms with E-state index in [1.807, 2.05) is 18.2 Å². The lowest BCUT2D eigenvalue weighted by atomic mass is 10.1. The summed E-state index contributed by atoms with van der Waals surface area (Å²) in [7, 11) is 3.35. The van der Waals surface area contributed by atoms with E-state index < -0.39 is 0 Å². The second-order valence-corrected chi connectivity index (χ2v) is 5.42. The fourth-order valence-electron chi connectivity index (χ4n) is 2.34. The van der Waals surface area contributed by atoms with Gasteiger partial charge < -0.3 is 9.55 Å². The highest BCUT2D eigenvalue weighted by molar-refractivity contribution is 7.71. The topological polar surface area (TPSA) is 72.7 Å². The maximum atomic E-state index is 12.2. The van der Waals surface area contributed by atoms with Gasteiger partial charge in [-0.1, -0.05) is 30.3 Å². The first-order chi connectivity index (χ1) is 10.5. The van der Waals surface area contributed by atoms with E-state index in [4.69, 9.17) is 12.2 Å². The Morgan fingerprint density at radius 2 is 1.91 bits per heavy atom. The second kappa shape index (κ2) is 5.34. The van der Waals surface area contributed by atoms with Crippen molar-refractivity contribution in [3.8, 4) is 0 Å². The molecule has 112 valence electrons. The summed E-state index contributed by atoms with van der Waals surface area (Å²) < 4.78 is 3.41. The first kappa shape index (κ1) is 14.4. The minimum absolute atomic E-state index is 0.0577. The van der Waals surface area contributed by atoms with Crippen LogP contribution >= 0.6 is 12.2 Å². The van der Waals surface area contributed by atoms with Gasteiger partial charge in [-0.25, -0.2) is 4.98 Å². The van der Waals surface area contributed by atoms with Gasteiger partial charge in [0, 0.05) is 19.7 Å². The maximum Gasteiger partial charge on any atom is 0.280 e. The van der Waals surface area contributed by atoms with Gasteiger partial charge in [-0.2, -0.15) is 0 Å². The molecule has 1 N–H and O–H groups in total. The van der Waals surface area contributed by atoms with Crippen LogP contribution in [0, 0.1) is 4.77 Å². The van der Waals surface area contributed by atoms with Gasteiger partial charge in [-0.05, 0) is 12.2 Å². The molecule has 1 aromatic carbocycles. The molecule has 0 saturated carbocycles. The van der Waals surface area contributed by atoms with E-state index in [1.54, 1.807) is 30.8 Å². The average molecular weight is 314 g/mol. The molecule has 0 aliphatic rings. The number of Topliss-reactive ketones (excluding diaryl/α,β-unsaturated/α-hetero) is 1. The number of rotatable bonds is 3. The number of H-pyrrole nitrogens is 1. The molecule has 22 heavy (non-hydrogen) atoms. The summed E-state index contributed by atoms with van der Waals surface area (Å²) in [4.78, 5) is 31.7. The normalized spacial score (nSPS) is 11.0. The number of hydrogen-bond donors (Lipinski definition) is 1. The maximum absolute atomic E-state index is 12.2. The molecule has 6 nitrogen and oxygen atoms in total. The van der Waals surface area contributed by atoms with Gasteiger partial charge in [0.15, 0.2) is 16.2 Å². The number of benzene rings is 1. The molecule has 0 aliphatic heterocycles. The molecule has 0 unspecified atom stereocenters. The number of aryl methyl sites for hydroxylation is 1. The molecule has 0 amide bonds. The van der Waals surface area contributed by atoms with E-state index in [-0.39, 0.29) is 17.8 Å². The molecule has 2 aromatic heterocycles. The number of carbonyl (C=O) groups excluding carboxylic acids is 1. The van der Waals surface area contributed by atoms with Crippen LogP contribution in [0.2, 0.25) is 0 Å². The summed E-state index contributed by atoms with van der Waals surface area (Å²) >= 11 is 5.19. The van der Waals surface area contributed by atoms with Gasteiger partial charge in [0.1, 0.15) is 11.3 Å². The Morgan fingerprint density at radius 1 is 1.23 bits per heavy atom. The second-order valence-electron chi connectivity index (χ2n) is 5.05. The number of aromatic amines is 1. The number of imidazole rings is 1. The van der Waals surface area contributed by atoms with E-state index in [0.29, 0.717) is 27.3 Å². The van der Waals surface area contributed by atoms with Gasteiger partial charge in [0.05, 0.1) is 6.42 Å². The van der Waals surface area contributed by atoms with Crippen LogP contribution in [0.4, 0.5) is 0 Å². The molecule has 0 bridgehead atoms. The van der Waals surface area contributed by atoms with Gasteiger partial charge in [-0.3, -0.25) is 14.2 Å². The highest BCUT2D eigenvalue weighted by Gasteiger charge is 2.14. The predicted molar refractivity (Wildman–Crippen MR) is 85.6 cm³/mol. The summed E-state index contributed by atoms with van der Waals surface area (Å²) in [6, 6.07) is 8.99. The lowest BCUT2D eigenvalue weighted by Crippen LogP contribution is -2.21. The molecule has 0 spiro atoms. The van der Waals surface area contributed by atoms with Gasteiger partial charge in [-0.15, -0.1) is 0 Å². The Hall–Kier alpha value is -2.54. The van der Waals surface area contributed by atoms with Gasteiger partial charge >= 0.3 is 0 Å². The third-order valence-electron chi connectivity index (χ3n) is 3.57. The monoisotopic (exact) mass is 314 g/mol. The van der Waals surface area contributed by atoms with Crippen molar-refractivity contribution >= 4 is 29.2 Å². The third kappa shape index (κ3) is 2.29. The minimum atomic E-state index is -0.246. The van der Waals surface area contributed by atoms with Crippen LogP contribution in [0.25, 0.3) is 11.2 Å². The molecule has 7 heteroatoms. The Labute approximate surface area is 131 Å². The Balaban J connectivity index is 2.05. The van der Waals surface area contributed by atoms with Crippen molar-refractivity contribution < 1.29 is 4.79 Å². The van der Waals surface area contributed by atoms with Gasteiger partial charge in [0.25, 0.3) is 5.56 Å². The van der Waals surface area contributed by atoms with Crippen molar-refractivity contribution in [3.05, 3.63) is 56.8 Å². The molecule has 2 heterocycles. The predicted octanol–water partition coefficient (Wildman–Crippen LogP) is 1.75. The summed E-state index contributed by atoms with van der Waals surface area (Å²) in [5, 5.41) is 0. The number of ketones is 1. The number of hydrogen-bond acceptors (Lipinski definition) is 4. The van der Waals surface area contributed by atoms with E-state index in [2.05, 4.69) is 9.97 Å². The zero-order valence-corrected chi connectivity index (χ0v) is 13.0. The van der Waals surface area contributed by atoms with Crippen LogP contribution in [0.5, 0.6) is 0 Å². The number of aromatic nitrogens is 4. The molecule has 3 aromatic rings. The molecule has 0 saturated heterocycles. The van der Waals surface area contributed by atoms with Crippen LogP contribution in [0.15, 0.2) is 35.1 Å². The van der Waals surface area contributed by atoms with E-state index >= 15 is 0 Å². The lowest BCUT2D eigenvalue weighted by molar-refractivity contribution is 0.0991. The molecule has 3 rings (SSSR count). The van der Waals surface area contributed by atoms with E-state index in [9.17, 15) is 9.59 Å². The van der Waals surface area contributed by atoms with Crippen molar-refractivity contribution in [2.45, 2.75) is 6.42 Å². The van der Waals surface area contributed by atoms with Crippen molar-refractivity contribution in [1.82, 2.24) is 19.1 Å². The van der Waals surface area contributed by atoms with Crippen LogP contribution in [0.3, 0.4) is 0 Å². The molecular weight excluding hydrogens is 300 g/mol. The number of carbonyl (C=O) groups is 1. The first-order valence-electron chi connectivity index (χ1n) is 6.72. The molecule has 0 radical (unpaired) electrons. The smallest absolute Gasteiger partial charge is 0.280 e. The van der Waals surface area contributed by atoms with Crippen molar-refractivity contribution in [2.24, 2.45) is 14.1 Å². The summed E-state index contributed by atoms with van der Waals surface area (Å²) in [5.74, 6) is 0.398. The van der Waals surface area contributed by atoms with Crippen LogP contribution < -0.4 is 5.56 Å². The first-order valence-corrected chi connectivity index (χ1v) is 7.12. The fourth-order valence-corrected chi connectivity index (χ4v) is 2.51. The summed E-state index contributed by atoms with van der Waals surface area (Å²) in [6.45, 7) is 0. The van der Waals surface area contributed by atoms with Crippen molar-refractivity contribution in [2.75, 3.05) is 0 Å². The summed E-state index contributed by atoms with van der Waals surface area (Å²) in [5.41, 5.74) is 1.19. The minimum Gasteiger partial charge on any atom is -0.336 e.